The Morgan fingerprint density at radius 3 is 1.84 bits per heavy atom. The van der Waals surface area contributed by atoms with Crippen LogP contribution < -0.4 is 14.2 Å². The van der Waals surface area contributed by atoms with E-state index in [1.807, 2.05) is 0 Å². The molecule has 0 saturated carbocycles. The standard InChI is InChI=1S/C18H20O7/c1-23-15-6-10(7-16(24-2)18(15)25-3)4-5-12(19)11-8-13(20)17(22)14(21)9-11/h6-9,20-22H,4-5H2,1-3H3. The fourth-order valence-electron chi connectivity index (χ4n) is 2.45. The fraction of sp³-hybridized carbons (Fsp3) is 0.278. The molecule has 134 valence electrons. The molecule has 0 saturated heterocycles. The first-order chi connectivity index (χ1) is 11.9. The van der Waals surface area contributed by atoms with Crippen LogP contribution >= 0.6 is 0 Å². The van der Waals surface area contributed by atoms with Gasteiger partial charge in [-0.1, -0.05) is 0 Å². The molecule has 7 nitrogen and oxygen atoms in total. The Morgan fingerprint density at radius 2 is 1.40 bits per heavy atom. The molecule has 25 heavy (non-hydrogen) atoms. The van der Waals surface area contributed by atoms with Gasteiger partial charge in [0.15, 0.2) is 34.5 Å². The van der Waals surface area contributed by atoms with Crippen molar-refractivity contribution in [3.8, 4) is 34.5 Å². The summed E-state index contributed by atoms with van der Waals surface area (Å²) in [7, 11) is 4.52. The zero-order valence-electron chi connectivity index (χ0n) is 14.2. The van der Waals surface area contributed by atoms with Gasteiger partial charge in [-0.15, -0.1) is 0 Å². The second-order valence-corrected chi connectivity index (χ2v) is 5.32. The summed E-state index contributed by atoms with van der Waals surface area (Å²) in [5.74, 6) is -0.588. The normalized spacial score (nSPS) is 10.4. The Labute approximate surface area is 145 Å². The molecule has 0 aliphatic rings. The Hall–Kier alpha value is -3.09. The summed E-state index contributed by atoms with van der Waals surface area (Å²) in [6, 6.07) is 5.74. The lowest BCUT2D eigenvalue weighted by Crippen LogP contribution is -2.02. The molecule has 0 unspecified atom stereocenters. The fourth-order valence-corrected chi connectivity index (χ4v) is 2.45. The summed E-state index contributed by atoms with van der Waals surface area (Å²) < 4.78 is 15.8. The summed E-state index contributed by atoms with van der Waals surface area (Å²) in [6.07, 6.45) is 0.514. The molecule has 0 spiro atoms. The number of phenols is 3. The summed E-state index contributed by atoms with van der Waals surface area (Å²) in [6.45, 7) is 0. The van der Waals surface area contributed by atoms with E-state index in [-0.39, 0.29) is 17.8 Å². The van der Waals surface area contributed by atoms with E-state index in [2.05, 4.69) is 0 Å². The number of carbonyl (C=O) groups is 1. The van der Waals surface area contributed by atoms with E-state index in [0.717, 1.165) is 17.7 Å². The predicted molar refractivity (Wildman–Crippen MR) is 90.2 cm³/mol. The molecule has 0 aliphatic carbocycles. The van der Waals surface area contributed by atoms with Crippen molar-refractivity contribution in [3.05, 3.63) is 35.4 Å². The monoisotopic (exact) mass is 348 g/mol. The van der Waals surface area contributed by atoms with Gasteiger partial charge in [0.05, 0.1) is 21.3 Å². The molecule has 0 radical (unpaired) electrons. The summed E-state index contributed by atoms with van der Waals surface area (Å²) in [5.41, 5.74) is 0.912. The van der Waals surface area contributed by atoms with Crippen LogP contribution in [0.3, 0.4) is 0 Å². The van der Waals surface area contributed by atoms with Crippen LogP contribution in [0.15, 0.2) is 24.3 Å². The van der Waals surface area contributed by atoms with Crippen molar-refractivity contribution in [2.75, 3.05) is 21.3 Å². The molecule has 2 rings (SSSR count). The lowest BCUT2D eigenvalue weighted by atomic mass is 10.0. The van der Waals surface area contributed by atoms with Gasteiger partial charge in [0, 0.05) is 12.0 Å². The Kier molecular flexibility index (Phi) is 5.59. The summed E-state index contributed by atoms with van der Waals surface area (Å²) in [4.78, 5) is 12.3. The van der Waals surface area contributed by atoms with Crippen LogP contribution in [0.25, 0.3) is 0 Å². The number of benzene rings is 2. The van der Waals surface area contributed by atoms with Gasteiger partial charge >= 0.3 is 0 Å². The lowest BCUT2D eigenvalue weighted by Gasteiger charge is -2.14. The van der Waals surface area contributed by atoms with E-state index < -0.39 is 17.2 Å². The van der Waals surface area contributed by atoms with E-state index in [9.17, 15) is 20.1 Å². The Morgan fingerprint density at radius 1 is 0.880 bits per heavy atom. The average molecular weight is 348 g/mol. The van der Waals surface area contributed by atoms with Crippen molar-refractivity contribution in [1.29, 1.82) is 0 Å². The number of rotatable bonds is 7. The van der Waals surface area contributed by atoms with Gasteiger partial charge in [0.25, 0.3) is 0 Å². The third-order valence-corrected chi connectivity index (χ3v) is 3.76. The number of hydrogen-bond acceptors (Lipinski definition) is 7. The number of ketones is 1. The molecule has 0 aliphatic heterocycles. The van der Waals surface area contributed by atoms with Crippen molar-refractivity contribution < 1.29 is 34.3 Å². The van der Waals surface area contributed by atoms with Crippen LogP contribution in [0.5, 0.6) is 34.5 Å². The summed E-state index contributed by atoms with van der Waals surface area (Å²) in [5, 5.41) is 28.3. The van der Waals surface area contributed by atoms with Crippen LogP contribution in [-0.4, -0.2) is 42.4 Å². The number of aromatic hydroxyl groups is 3. The van der Waals surface area contributed by atoms with Gasteiger partial charge < -0.3 is 29.5 Å². The topological polar surface area (TPSA) is 105 Å². The molecular formula is C18H20O7. The van der Waals surface area contributed by atoms with E-state index in [1.54, 1.807) is 12.1 Å². The molecule has 7 heteroatoms. The highest BCUT2D eigenvalue weighted by molar-refractivity contribution is 5.97. The lowest BCUT2D eigenvalue weighted by molar-refractivity contribution is 0.0982. The van der Waals surface area contributed by atoms with E-state index in [0.29, 0.717) is 23.7 Å². The highest BCUT2D eigenvalue weighted by atomic mass is 16.5. The number of aryl methyl sites for hydroxylation is 1. The zero-order valence-corrected chi connectivity index (χ0v) is 14.2. The van der Waals surface area contributed by atoms with Gasteiger partial charge in [0.2, 0.25) is 5.75 Å². The number of Topliss-reactive ketones (excluding diaryl/α,β-unsaturated/α-hetero) is 1. The van der Waals surface area contributed by atoms with Gasteiger partial charge in [-0.3, -0.25) is 4.79 Å². The second kappa shape index (κ2) is 7.65. The molecule has 0 bridgehead atoms. The van der Waals surface area contributed by atoms with Crippen LogP contribution in [0.1, 0.15) is 22.3 Å². The molecule has 0 fully saturated rings. The minimum Gasteiger partial charge on any atom is -0.504 e. The van der Waals surface area contributed by atoms with Gasteiger partial charge in [-0.05, 0) is 36.2 Å². The highest BCUT2D eigenvalue weighted by Gasteiger charge is 2.16. The van der Waals surface area contributed by atoms with Crippen LogP contribution in [0, 0.1) is 0 Å². The second-order valence-electron chi connectivity index (χ2n) is 5.32. The van der Waals surface area contributed by atoms with Crippen LogP contribution in [-0.2, 0) is 6.42 Å². The zero-order chi connectivity index (χ0) is 18.6. The van der Waals surface area contributed by atoms with Gasteiger partial charge in [-0.25, -0.2) is 0 Å². The minimum atomic E-state index is -0.652. The van der Waals surface area contributed by atoms with Crippen molar-refractivity contribution in [3.63, 3.8) is 0 Å². The minimum absolute atomic E-state index is 0.111. The third kappa shape index (κ3) is 3.88. The largest absolute Gasteiger partial charge is 0.504 e. The first-order valence-electron chi connectivity index (χ1n) is 7.48. The third-order valence-electron chi connectivity index (χ3n) is 3.76. The van der Waals surface area contributed by atoms with Crippen molar-refractivity contribution in [1.82, 2.24) is 0 Å². The van der Waals surface area contributed by atoms with Crippen LogP contribution in [0.2, 0.25) is 0 Å². The quantitative estimate of drug-likeness (QED) is 0.522. The Balaban J connectivity index is 2.19. The van der Waals surface area contributed by atoms with Crippen molar-refractivity contribution >= 4 is 5.78 Å². The number of methoxy groups -OCH3 is 3. The van der Waals surface area contributed by atoms with Gasteiger partial charge in [-0.2, -0.15) is 0 Å². The molecule has 3 N–H and O–H groups in total. The maximum absolute atomic E-state index is 12.3. The number of ether oxygens (including phenoxy) is 3. The van der Waals surface area contributed by atoms with E-state index in [1.165, 1.54) is 21.3 Å². The van der Waals surface area contributed by atoms with E-state index >= 15 is 0 Å². The molecule has 0 heterocycles. The molecular weight excluding hydrogens is 328 g/mol. The first-order valence-corrected chi connectivity index (χ1v) is 7.48. The molecule has 0 aromatic heterocycles. The smallest absolute Gasteiger partial charge is 0.203 e. The maximum Gasteiger partial charge on any atom is 0.203 e. The molecule has 0 atom stereocenters. The molecule has 2 aromatic carbocycles. The maximum atomic E-state index is 12.3. The Bertz CT molecular complexity index is 735. The van der Waals surface area contributed by atoms with Crippen molar-refractivity contribution in [2.24, 2.45) is 0 Å². The summed E-state index contributed by atoms with van der Waals surface area (Å²) >= 11 is 0. The molecule has 0 amide bonds. The predicted octanol–water partition coefficient (Wildman–Crippen LogP) is 2.64. The van der Waals surface area contributed by atoms with Crippen LogP contribution in [0.4, 0.5) is 0 Å². The molecule has 2 aromatic rings. The number of phenolic OH excluding ortho intramolecular Hbond substituents is 3. The average Bonchev–Trinajstić information content (AvgIpc) is 2.62. The first kappa shape index (κ1) is 18.3. The highest BCUT2D eigenvalue weighted by Crippen LogP contribution is 2.39. The van der Waals surface area contributed by atoms with E-state index in [4.69, 9.17) is 14.2 Å². The number of carbonyl (C=O) groups excluding carboxylic acids is 1. The van der Waals surface area contributed by atoms with Crippen molar-refractivity contribution in [2.45, 2.75) is 12.8 Å². The van der Waals surface area contributed by atoms with Gasteiger partial charge in [0.1, 0.15) is 0 Å². The SMILES string of the molecule is COc1cc(CCC(=O)c2cc(O)c(O)c(O)c2)cc(OC)c1OC. The number of hydrogen-bond donors (Lipinski definition) is 3.